The fourth-order valence-electron chi connectivity index (χ4n) is 1.53. The minimum absolute atomic E-state index is 0.487. The second-order valence-corrected chi connectivity index (χ2v) is 3.18. The molecule has 1 heteroatoms. The van der Waals surface area contributed by atoms with Gasteiger partial charge in [-0.05, 0) is 19.3 Å². The van der Waals surface area contributed by atoms with Gasteiger partial charge in [-0.3, -0.25) is 0 Å². The van der Waals surface area contributed by atoms with Gasteiger partial charge in [0, 0.05) is 12.1 Å². The summed E-state index contributed by atoms with van der Waals surface area (Å²) in [5.41, 5.74) is 0. The fourth-order valence-corrected chi connectivity index (χ4v) is 1.53. The first-order valence-electron chi connectivity index (χ1n) is 4.51. The Morgan fingerprint density at radius 3 is 2.75 bits per heavy atom. The van der Waals surface area contributed by atoms with Crippen molar-refractivity contribution in [3.63, 3.8) is 0 Å². The van der Waals surface area contributed by atoms with Gasteiger partial charge in [0.25, 0.3) is 0 Å². The summed E-state index contributed by atoms with van der Waals surface area (Å²) < 4.78 is 0. The van der Waals surface area contributed by atoms with Gasteiger partial charge in [-0.25, -0.2) is 0 Å². The van der Waals surface area contributed by atoms with Crippen molar-refractivity contribution in [2.45, 2.75) is 31.3 Å². The summed E-state index contributed by atoms with van der Waals surface area (Å²) in [6.07, 6.45) is 11.6. The van der Waals surface area contributed by atoms with E-state index < -0.39 is 0 Å². The second kappa shape index (κ2) is 4.94. The first-order valence-corrected chi connectivity index (χ1v) is 4.51. The third kappa shape index (κ3) is 2.67. The Morgan fingerprint density at radius 1 is 1.33 bits per heavy atom. The number of rotatable bonds is 4. The maximum Gasteiger partial charge on any atom is 0.0287 e. The molecule has 0 aliphatic carbocycles. The van der Waals surface area contributed by atoms with Crippen molar-refractivity contribution in [3.8, 4) is 0 Å². The highest BCUT2D eigenvalue weighted by Gasteiger charge is 2.13. The van der Waals surface area contributed by atoms with E-state index in [2.05, 4.69) is 30.6 Å². The minimum Gasteiger partial charge on any atom is -0.307 e. The van der Waals surface area contributed by atoms with Crippen molar-refractivity contribution in [1.29, 1.82) is 0 Å². The Hall–Kier alpha value is -0.820. The van der Waals surface area contributed by atoms with Crippen LogP contribution in [-0.4, -0.2) is 12.1 Å². The van der Waals surface area contributed by atoms with Gasteiger partial charge in [-0.2, -0.15) is 0 Å². The van der Waals surface area contributed by atoms with Gasteiger partial charge >= 0.3 is 0 Å². The number of nitrogens with one attached hydrogen (secondary N) is 1. The van der Waals surface area contributed by atoms with E-state index in [9.17, 15) is 0 Å². The zero-order valence-corrected chi connectivity index (χ0v) is 7.50. The smallest absolute Gasteiger partial charge is 0.0287 e. The molecule has 0 saturated carbocycles. The molecular weight excluding hydrogens is 146 g/mol. The van der Waals surface area contributed by atoms with E-state index in [1.807, 2.05) is 12.2 Å². The van der Waals surface area contributed by atoms with E-state index in [0.717, 1.165) is 19.3 Å². The predicted molar refractivity (Wildman–Crippen MR) is 54.1 cm³/mol. The summed E-state index contributed by atoms with van der Waals surface area (Å²) >= 11 is 0. The van der Waals surface area contributed by atoms with Gasteiger partial charge in [-0.15, -0.1) is 13.2 Å². The van der Waals surface area contributed by atoms with Crippen LogP contribution in [0.1, 0.15) is 19.3 Å². The molecule has 12 heavy (non-hydrogen) atoms. The molecule has 1 nitrogen and oxygen atoms in total. The summed E-state index contributed by atoms with van der Waals surface area (Å²) in [7, 11) is 0. The molecule has 2 atom stereocenters. The van der Waals surface area contributed by atoms with Crippen LogP contribution in [0.3, 0.4) is 0 Å². The lowest BCUT2D eigenvalue weighted by atomic mass is 10.0. The molecular formula is C11H17N. The molecule has 0 saturated heterocycles. The summed E-state index contributed by atoms with van der Waals surface area (Å²) in [5.74, 6) is 0. The Labute approximate surface area is 74.9 Å². The van der Waals surface area contributed by atoms with Crippen molar-refractivity contribution >= 4 is 0 Å². The van der Waals surface area contributed by atoms with Crippen LogP contribution in [0.4, 0.5) is 0 Å². The number of hydrogen-bond donors (Lipinski definition) is 1. The zero-order chi connectivity index (χ0) is 8.81. The largest absolute Gasteiger partial charge is 0.307 e. The maximum atomic E-state index is 3.74. The van der Waals surface area contributed by atoms with E-state index in [4.69, 9.17) is 0 Å². The maximum absolute atomic E-state index is 3.74. The highest BCUT2D eigenvalue weighted by atomic mass is 14.9. The SMILES string of the molecule is C=CC[C@@H]1CC=C[C@@H](CC=C)N1. The molecule has 0 aromatic rings. The van der Waals surface area contributed by atoms with E-state index in [1.54, 1.807) is 0 Å². The zero-order valence-electron chi connectivity index (χ0n) is 7.50. The molecule has 0 fully saturated rings. The van der Waals surface area contributed by atoms with Crippen LogP contribution in [-0.2, 0) is 0 Å². The quantitative estimate of drug-likeness (QED) is 0.628. The van der Waals surface area contributed by atoms with Crippen molar-refractivity contribution < 1.29 is 0 Å². The molecule has 0 unspecified atom stereocenters. The van der Waals surface area contributed by atoms with Crippen LogP contribution in [0.2, 0.25) is 0 Å². The first kappa shape index (κ1) is 9.27. The van der Waals surface area contributed by atoms with Crippen molar-refractivity contribution in [3.05, 3.63) is 37.5 Å². The van der Waals surface area contributed by atoms with Crippen LogP contribution in [0.5, 0.6) is 0 Å². The summed E-state index contributed by atoms with van der Waals surface area (Å²) in [5, 5.41) is 3.53. The monoisotopic (exact) mass is 163 g/mol. The average Bonchev–Trinajstić information content (AvgIpc) is 2.06. The Balaban J connectivity index is 2.38. The van der Waals surface area contributed by atoms with Crippen LogP contribution in [0.15, 0.2) is 37.5 Å². The van der Waals surface area contributed by atoms with E-state index in [0.29, 0.717) is 12.1 Å². The molecule has 0 bridgehead atoms. The van der Waals surface area contributed by atoms with Gasteiger partial charge in [0.15, 0.2) is 0 Å². The highest BCUT2D eigenvalue weighted by molar-refractivity contribution is 5.04. The molecule has 1 aliphatic heterocycles. The minimum atomic E-state index is 0.487. The van der Waals surface area contributed by atoms with Crippen molar-refractivity contribution in [2.24, 2.45) is 0 Å². The molecule has 1 rings (SSSR count). The van der Waals surface area contributed by atoms with Gasteiger partial charge in [-0.1, -0.05) is 24.3 Å². The van der Waals surface area contributed by atoms with E-state index in [1.165, 1.54) is 0 Å². The van der Waals surface area contributed by atoms with Gasteiger partial charge < -0.3 is 5.32 Å². The lowest BCUT2D eigenvalue weighted by Gasteiger charge is -2.25. The Morgan fingerprint density at radius 2 is 2.08 bits per heavy atom. The fraction of sp³-hybridized carbons (Fsp3) is 0.455. The molecule has 0 radical (unpaired) electrons. The molecule has 0 spiro atoms. The van der Waals surface area contributed by atoms with Crippen LogP contribution < -0.4 is 5.32 Å². The molecule has 0 aromatic carbocycles. The molecule has 1 aliphatic rings. The van der Waals surface area contributed by atoms with Crippen molar-refractivity contribution in [1.82, 2.24) is 5.32 Å². The summed E-state index contributed by atoms with van der Waals surface area (Å²) in [6, 6.07) is 1.07. The molecule has 0 amide bonds. The molecule has 1 heterocycles. The molecule has 66 valence electrons. The normalized spacial score (nSPS) is 28.3. The van der Waals surface area contributed by atoms with Gasteiger partial charge in [0.2, 0.25) is 0 Å². The topological polar surface area (TPSA) is 12.0 Å². The van der Waals surface area contributed by atoms with E-state index >= 15 is 0 Å². The number of hydrogen-bond acceptors (Lipinski definition) is 1. The standard InChI is InChI=1S/C11H17N/c1-3-6-10-8-5-9-11(12-10)7-4-2/h3-5,8,10-12H,1-2,6-7,9H2/t10-,11-/m1/s1. The third-order valence-electron chi connectivity index (χ3n) is 2.11. The lowest BCUT2D eigenvalue weighted by Crippen LogP contribution is -2.38. The Kier molecular flexibility index (Phi) is 3.81. The second-order valence-electron chi connectivity index (χ2n) is 3.18. The van der Waals surface area contributed by atoms with Gasteiger partial charge in [0.1, 0.15) is 0 Å². The average molecular weight is 163 g/mol. The highest BCUT2D eigenvalue weighted by Crippen LogP contribution is 2.10. The van der Waals surface area contributed by atoms with Crippen molar-refractivity contribution in [2.75, 3.05) is 0 Å². The van der Waals surface area contributed by atoms with Crippen LogP contribution >= 0.6 is 0 Å². The van der Waals surface area contributed by atoms with Crippen LogP contribution in [0, 0.1) is 0 Å². The van der Waals surface area contributed by atoms with E-state index in [-0.39, 0.29) is 0 Å². The molecule has 1 N–H and O–H groups in total. The Bertz CT molecular complexity index is 181. The third-order valence-corrected chi connectivity index (χ3v) is 2.11. The first-order chi connectivity index (χ1) is 5.86. The van der Waals surface area contributed by atoms with Gasteiger partial charge in [0.05, 0.1) is 0 Å². The molecule has 0 aromatic heterocycles. The summed E-state index contributed by atoms with van der Waals surface area (Å²) in [4.78, 5) is 0. The summed E-state index contributed by atoms with van der Waals surface area (Å²) in [6.45, 7) is 7.47. The van der Waals surface area contributed by atoms with Crippen LogP contribution in [0.25, 0.3) is 0 Å². The predicted octanol–water partition coefficient (Wildman–Crippen LogP) is 2.43. The lowest BCUT2D eigenvalue weighted by molar-refractivity contribution is 0.455.